The summed E-state index contributed by atoms with van der Waals surface area (Å²) in [5.74, 6) is 0. The van der Waals surface area contributed by atoms with Crippen LogP contribution in [0.2, 0.25) is 0 Å². The van der Waals surface area contributed by atoms with Crippen LogP contribution in [0.25, 0.3) is 0 Å². The van der Waals surface area contributed by atoms with Crippen LogP contribution in [0.1, 0.15) is 25.0 Å². The van der Waals surface area contributed by atoms with Crippen LogP contribution in [0, 0.1) is 0 Å². The molecule has 1 heterocycles. The van der Waals surface area contributed by atoms with Crippen LogP contribution in [0.3, 0.4) is 0 Å². The van der Waals surface area contributed by atoms with Gasteiger partial charge in [-0.1, -0.05) is 0 Å². The number of aromatic nitrogens is 1. The lowest BCUT2D eigenvalue weighted by Crippen LogP contribution is -2.34. The number of halogens is 3. The summed E-state index contributed by atoms with van der Waals surface area (Å²) in [6.07, 6.45) is -0.170. The predicted molar refractivity (Wildman–Crippen MR) is 69.1 cm³/mol. The Labute approximate surface area is 115 Å². The van der Waals surface area contributed by atoms with Crippen molar-refractivity contribution in [1.82, 2.24) is 4.98 Å². The molecular weight excluding hydrogens is 293 g/mol. The van der Waals surface area contributed by atoms with Crippen LogP contribution >= 0.6 is 0 Å². The summed E-state index contributed by atoms with van der Waals surface area (Å²) < 4.78 is 60.4. The summed E-state index contributed by atoms with van der Waals surface area (Å²) in [6.45, 7) is 0. The molecule has 20 heavy (non-hydrogen) atoms. The number of rotatable bonds is 3. The zero-order chi connectivity index (χ0) is 15.0. The van der Waals surface area contributed by atoms with E-state index >= 15 is 0 Å². The lowest BCUT2D eigenvalue weighted by atomic mass is 10.2. The van der Waals surface area contributed by atoms with Gasteiger partial charge in [0.2, 0.25) is 0 Å². The number of hydrogen-bond donors (Lipinski definition) is 1. The average molecular weight is 308 g/mol. The Morgan fingerprint density at radius 3 is 2.50 bits per heavy atom. The standard InChI is InChI=1S/C12H15F3N2O2S/c1-20(18,19)10-4-2-3-9(10)17-8-5-6-11(16-7-8)12(13,14)15/h5-7,9-10,17H,2-4H2,1H3. The van der Waals surface area contributed by atoms with E-state index < -0.39 is 27.0 Å². The van der Waals surface area contributed by atoms with Gasteiger partial charge < -0.3 is 5.32 Å². The number of anilines is 1. The summed E-state index contributed by atoms with van der Waals surface area (Å²) in [7, 11) is -3.17. The van der Waals surface area contributed by atoms with Gasteiger partial charge in [-0.15, -0.1) is 0 Å². The van der Waals surface area contributed by atoms with E-state index in [9.17, 15) is 21.6 Å². The maximum absolute atomic E-state index is 12.4. The highest BCUT2D eigenvalue weighted by atomic mass is 32.2. The van der Waals surface area contributed by atoms with E-state index in [-0.39, 0.29) is 6.04 Å². The molecule has 0 aliphatic heterocycles. The Balaban J connectivity index is 2.11. The number of hydrogen-bond acceptors (Lipinski definition) is 4. The molecule has 0 spiro atoms. The quantitative estimate of drug-likeness (QED) is 0.932. The van der Waals surface area contributed by atoms with Crippen LogP contribution in [0.15, 0.2) is 18.3 Å². The van der Waals surface area contributed by atoms with Gasteiger partial charge in [0.1, 0.15) is 5.69 Å². The maximum atomic E-state index is 12.4. The van der Waals surface area contributed by atoms with E-state index in [1.165, 1.54) is 12.3 Å². The molecule has 1 aliphatic carbocycles. The Hall–Kier alpha value is -1.31. The highest BCUT2D eigenvalue weighted by Crippen LogP contribution is 2.30. The first-order chi connectivity index (χ1) is 9.18. The van der Waals surface area contributed by atoms with Gasteiger partial charge >= 0.3 is 6.18 Å². The zero-order valence-electron chi connectivity index (χ0n) is 10.8. The van der Waals surface area contributed by atoms with E-state index in [0.717, 1.165) is 18.7 Å². The molecule has 1 aromatic rings. The number of alkyl halides is 3. The highest BCUT2D eigenvalue weighted by molar-refractivity contribution is 7.91. The van der Waals surface area contributed by atoms with E-state index in [4.69, 9.17) is 0 Å². The van der Waals surface area contributed by atoms with Crippen molar-refractivity contribution in [2.45, 2.75) is 36.7 Å². The number of pyridine rings is 1. The first-order valence-corrected chi connectivity index (χ1v) is 8.12. The van der Waals surface area contributed by atoms with Crippen LogP contribution in [-0.2, 0) is 16.0 Å². The zero-order valence-corrected chi connectivity index (χ0v) is 11.6. The minimum Gasteiger partial charge on any atom is -0.380 e. The van der Waals surface area contributed by atoms with Crippen molar-refractivity contribution >= 4 is 15.5 Å². The van der Waals surface area contributed by atoms with Crippen LogP contribution < -0.4 is 5.32 Å². The molecule has 1 fully saturated rings. The Bertz CT molecular complexity index is 569. The van der Waals surface area contributed by atoms with Gasteiger partial charge in [0.25, 0.3) is 0 Å². The summed E-state index contributed by atoms with van der Waals surface area (Å²) in [6, 6.07) is 1.88. The summed E-state index contributed by atoms with van der Waals surface area (Å²) in [5, 5.41) is 2.47. The van der Waals surface area contributed by atoms with E-state index in [0.29, 0.717) is 18.5 Å². The summed E-state index contributed by atoms with van der Waals surface area (Å²) >= 11 is 0. The third-order valence-corrected chi connectivity index (χ3v) is 5.07. The van der Waals surface area contributed by atoms with Crippen molar-refractivity contribution in [2.24, 2.45) is 0 Å². The average Bonchev–Trinajstić information content (AvgIpc) is 2.76. The Morgan fingerprint density at radius 2 is 2.00 bits per heavy atom. The normalized spacial score (nSPS) is 23.8. The first kappa shape index (κ1) is 15.1. The molecule has 8 heteroatoms. The second kappa shape index (κ2) is 5.23. The number of nitrogens with zero attached hydrogens (tertiary/aromatic N) is 1. The van der Waals surface area contributed by atoms with Crippen molar-refractivity contribution in [3.8, 4) is 0 Å². The van der Waals surface area contributed by atoms with Gasteiger partial charge in [-0.25, -0.2) is 13.4 Å². The largest absolute Gasteiger partial charge is 0.433 e. The monoisotopic (exact) mass is 308 g/mol. The number of nitrogens with one attached hydrogen (secondary N) is 1. The van der Waals surface area contributed by atoms with Gasteiger partial charge in [-0.2, -0.15) is 13.2 Å². The van der Waals surface area contributed by atoms with Gasteiger partial charge in [0.05, 0.1) is 17.1 Å². The van der Waals surface area contributed by atoms with Crippen molar-refractivity contribution in [3.05, 3.63) is 24.0 Å². The lowest BCUT2D eigenvalue weighted by molar-refractivity contribution is -0.141. The van der Waals surface area contributed by atoms with E-state index in [1.54, 1.807) is 0 Å². The Kier molecular flexibility index (Phi) is 3.95. The molecule has 112 valence electrons. The molecular formula is C12H15F3N2O2S. The fourth-order valence-electron chi connectivity index (χ4n) is 2.46. The predicted octanol–water partition coefficient (Wildman–Crippen LogP) is 2.48. The van der Waals surface area contributed by atoms with Crippen LogP contribution in [0.5, 0.6) is 0 Å². The van der Waals surface area contributed by atoms with Crippen LogP contribution in [-0.4, -0.2) is 30.9 Å². The third-order valence-electron chi connectivity index (χ3n) is 3.41. The molecule has 2 unspecified atom stereocenters. The SMILES string of the molecule is CS(=O)(=O)C1CCCC1Nc1ccc(C(F)(F)F)nc1. The molecule has 4 nitrogen and oxygen atoms in total. The molecule has 2 rings (SSSR count). The molecule has 1 aliphatic rings. The van der Waals surface area contributed by atoms with Gasteiger partial charge in [-0.05, 0) is 31.4 Å². The minimum absolute atomic E-state index is 0.275. The number of sulfone groups is 1. The van der Waals surface area contributed by atoms with Gasteiger partial charge in [0, 0.05) is 12.3 Å². The molecule has 0 saturated heterocycles. The molecule has 1 aromatic heterocycles. The molecule has 0 amide bonds. The summed E-state index contributed by atoms with van der Waals surface area (Å²) in [5.41, 5.74) is -0.562. The maximum Gasteiger partial charge on any atom is 0.433 e. The fourth-order valence-corrected chi connectivity index (χ4v) is 3.86. The second-order valence-electron chi connectivity index (χ2n) is 4.98. The smallest absolute Gasteiger partial charge is 0.380 e. The van der Waals surface area contributed by atoms with Crippen molar-refractivity contribution in [1.29, 1.82) is 0 Å². The fraction of sp³-hybridized carbons (Fsp3) is 0.583. The van der Waals surface area contributed by atoms with E-state index in [2.05, 4.69) is 10.3 Å². The van der Waals surface area contributed by atoms with Gasteiger partial charge in [-0.3, -0.25) is 0 Å². The topological polar surface area (TPSA) is 59.1 Å². The molecule has 1 N–H and O–H groups in total. The molecule has 1 saturated carbocycles. The van der Waals surface area contributed by atoms with E-state index in [1.807, 2.05) is 0 Å². The van der Waals surface area contributed by atoms with Gasteiger partial charge in [0.15, 0.2) is 9.84 Å². The second-order valence-corrected chi connectivity index (χ2v) is 7.24. The summed E-state index contributed by atoms with van der Waals surface area (Å²) in [4.78, 5) is 3.34. The molecule has 2 atom stereocenters. The minimum atomic E-state index is -4.47. The van der Waals surface area contributed by atoms with Crippen LogP contribution in [0.4, 0.5) is 18.9 Å². The van der Waals surface area contributed by atoms with Crippen molar-refractivity contribution < 1.29 is 21.6 Å². The molecule has 0 radical (unpaired) electrons. The van der Waals surface area contributed by atoms with Crippen molar-refractivity contribution in [3.63, 3.8) is 0 Å². The first-order valence-electron chi connectivity index (χ1n) is 6.16. The third kappa shape index (κ3) is 3.41. The van der Waals surface area contributed by atoms with Crippen molar-refractivity contribution in [2.75, 3.05) is 11.6 Å². The highest BCUT2D eigenvalue weighted by Gasteiger charge is 2.35. The Morgan fingerprint density at radius 1 is 1.30 bits per heavy atom. The molecule has 0 aromatic carbocycles. The molecule has 0 bridgehead atoms. The lowest BCUT2D eigenvalue weighted by Gasteiger charge is -2.20.